The third-order valence-corrected chi connectivity index (χ3v) is 6.70. The Morgan fingerprint density at radius 2 is 1.88 bits per heavy atom. The Morgan fingerprint density at radius 3 is 2.59 bits per heavy atom. The predicted octanol–water partition coefficient (Wildman–Crippen LogP) is 4.88. The standard InChI is InChI=1S/C24H33N5O3/c1-24(2,3)32-23(30)27-16-6-4-15(5-7-16)21-28-18-13-26-22-19(20(18)29-21)17(12-25-22)14-8-10-31-11-9-14/h12-16H,4-11H2,1-3H3,(H,25,26)(H,27,30)(H,28,29). The van der Waals surface area contributed by atoms with E-state index < -0.39 is 5.60 Å². The van der Waals surface area contributed by atoms with Gasteiger partial charge in [-0.25, -0.2) is 14.8 Å². The first-order valence-electron chi connectivity index (χ1n) is 11.8. The van der Waals surface area contributed by atoms with Crippen molar-refractivity contribution in [3.8, 4) is 0 Å². The molecule has 0 spiro atoms. The zero-order chi connectivity index (χ0) is 22.3. The summed E-state index contributed by atoms with van der Waals surface area (Å²) in [5, 5.41) is 4.17. The molecule has 3 N–H and O–H groups in total. The van der Waals surface area contributed by atoms with Crippen LogP contribution in [0.1, 0.15) is 82.5 Å². The molecule has 4 heterocycles. The highest BCUT2D eigenvalue weighted by atomic mass is 16.6. The predicted molar refractivity (Wildman–Crippen MR) is 123 cm³/mol. The molecule has 5 rings (SSSR count). The van der Waals surface area contributed by atoms with Gasteiger partial charge in [-0.3, -0.25) is 0 Å². The molecule has 3 aromatic heterocycles. The zero-order valence-electron chi connectivity index (χ0n) is 19.2. The number of aromatic nitrogens is 4. The van der Waals surface area contributed by atoms with E-state index in [1.54, 1.807) is 0 Å². The molecular weight excluding hydrogens is 406 g/mol. The number of hydrogen-bond acceptors (Lipinski definition) is 5. The molecular formula is C24H33N5O3. The van der Waals surface area contributed by atoms with Gasteiger partial charge in [0, 0.05) is 31.4 Å². The number of carbonyl (C=O) groups excluding carboxylic acids is 1. The summed E-state index contributed by atoms with van der Waals surface area (Å²) in [4.78, 5) is 28.7. The first-order chi connectivity index (χ1) is 15.4. The third-order valence-electron chi connectivity index (χ3n) is 6.70. The number of ether oxygens (including phenoxy) is 2. The maximum Gasteiger partial charge on any atom is 0.407 e. The summed E-state index contributed by atoms with van der Waals surface area (Å²) in [6.07, 6.45) is 9.55. The van der Waals surface area contributed by atoms with Crippen LogP contribution >= 0.6 is 0 Å². The highest BCUT2D eigenvalue weighted by Crippen LogP contribution is 2.37. The SMILES string of the molecule is CC(C)(C)OC(=O)NC1CCC(c2nc3c(cnc4[nH]cc(C5CCOCC5)c43)[nH]2)CC1. The second-order valence-corrected chi connectivity index (χ2v) is 10.2. The summed E-state index contributed by atoms with van der Waals surface area (Å²) in [6.45, 7) is 7.28. The van der Waals surface area contributed by atoms with Crippen LogP contribution in [0, 0.1) is 0 Å². The number of nitrogens with zero attached hydrogens (tertiary/aromatic N) is 2. The highest BCUT2D eigenvalue weighted by molar-refractivity contribution is 6.03. The van der Waals surface area contributed by atoms with Crippen molar-refractivity contribution < 1.29 is 14.3 Å². The van der Waals surface area contributed by atoms with Gasteiger partial charge < -0.3 is 24.8 Å². The average molecular weight is 440 g/mol. The molecule has 0 bridgehead atoms. The number of alkyl carbamates (subject to hydrolysis) is 1. The van der Waals surface area contributed by atoms with Crippen LogP contribution in [-0.4, -0.2) is 50.9 Å². The van der Waals surface area contributed by atoms with Gasteiger partial charge in [0.15, 0.2) is 0 Å². The van der Waals surface area contributed by atoms with Crippen LogP contribution in [0.2, 0.25) is 0 Å². The number of pyridine rings is 1. The number of amides is 1. The van der Waals surface area contributed by atoms with E-state index in [0.29, 0.717) is 11.8 Å². The second-order valence-electron chi connectivity index (χ2n) is 10.2. The van der Waals surface area contributed by atoms with Gasteiger partial charge in [-0.2, -0.15) is 0 Å². The minimum atomic E-state index is -0.476. The highest BCUT2D eigenvalue weighted by Gasteiger charge is 2.28. The molecule has 8 heteroatoms. The van der Waals surface area contributed by atoms with Gasteiger partial charge in [-0.1, -0.05) is 0 Å². The largest absolute Gasteiger partial charge is 0.444 e. The number of aromatic amines is 2. The van der Waals surface area contributed by atoms with E-state index in [9.17, 15) is 4.79 Å². The Hall–Kier alpha value is -2.61. The molecule has 32 heavy (non-hydrogen) atoms. The Kier molecular flexibility index (Phi) is 5.57. The van der Waals surface area contributed by atoms with Crippen LogP contribution in [-0.2, 0) is 9.47 Å². The number of H-pyrrole nitrogens is 2. The van der Waals surface area contributed by atoms with Gasteiger partial charge in [0.1, 0.15) is 22.6 Å². The number of carbonyl (C=O) groups is 1. The Bertz CT molecular complexity index is 1100. The summed E-state index contributed by atoms with van der Waals surface area (Å²) in [6, 6.07) is 0.156. The van der Waals surface area contributed by atoms with Crippen LogP contribution < -0.4 is 5.32 Å². The van der Waals surface area contributed by atoms with E-state index in [-0.39, 0.29) is 12.1 Å². The topological polar surface area (TPSA) is 105 Å². The molecule has 172 valence electrons. The molecule has 0 unspecified atom stereocenters. The fourth-order valence-electron chi connectivity index (χ4n) is 5.11. The summed E-state index contributed by atoms with van der Waals surface area (Å²) in [5.74, 6) is 1.88. The molecule has 1 aliphatic carbocycles. The molecule has 8 nitrogen and oxygen atoms in total. The summed E-state index contributed by atoms with van der Waals surface area (Å²) in [5.41, 5.74) is 3.75. The lowest BCUT2D eigenvalue weighted by Crippen LogP contribution is -2.40. The van der Waals surface area contributed by atoms with Crippen LogP contribution in [0.4, 0.5) is 4.79 Å². The van der Waals surface area contributed by atoms with Crippen molar-refractivity contribution in [2.75, 3.05) is 13.2 Å². The number of nitrogens with one attached hydrogen (secondary N) is 3. The van der Waals surface area contributed by atoms with Gasteiger partial charge in [0.05, 0.1) is 17.1 Å². The smallest absolute Gasteiger partial charge is 0.407 e. The first kappa shape index (κ1) is 21.2. The van der Waals surface area contributed by atoms with E-state index in [4.69, 9.17) is 14.5 Å². The van der Waals surface area contributed by atoms with Gasteiger partial charge in [-0.15, -0.1) is 0 Å². The summed E-state index contributed by atoms with van der Waals surface area (Å²) in [7, 11) is 0. The molecule has 1 amide bonds. The van der Waals surface area contributed by atoms with Crippen LogP contribution in [0.15, 0.2) is 12.4 Å². The van der Waals surface area contributed by atoms with E-state index in [1.165, 1.54) is 5.56 Å². The zero-order valence-corrected chi connectivity index (χ0v) is 19.2. The van der Waals surface area contributed by atoms with Gasteiger partial charge in [-0.05, 0) is 70.8 Å². The first-order valence-corrected chi connectivity index (χ1v) is 11.8. The lowest BCUT2D eigenvalue weighted by molar-refractivity contribution is 0.0491. The lowest BCUT2D eigenvalue weighted by atomic mass is 9.85. The minimum absolute atomic E-state index is 0.156. The van der Waals surface area contributed by atoms with Crippen molar-refractivity contribution in [1.29, 1.82) is 0 Å². The van der Waals surface area contributed by atoms with Crippen molar-refractivity contribution in [2.24, 2.45) is 0 Å². The van der Waals surface area contributed by atoms with Gasteiger partial charge in [0.2, 0.25) is 0 Å². The molecule has 3 aromatic rings. The van der Waals surface area contributed by atoms with E-state index >= 15 is 0 Å². The van der Waals surface area contributed by atoms with Crippen LogP contribution in [0.25, 0.3) is 22.1 Å². The van der Waals surface area contributed by atoms with Crippen molar-refractivity contribution in [2.45, 2.75) is 82.8 Å². The Labute approximate surface area is 187 Å². The Morgan fingerprint density at radius 1 is 1.12 bits per heavy atom. The molecule has 2 fully saturated rings. The molecule has 0 radical (unpaired) electrons. The average Bonchev–Trinajstić information content (AvgIpc) is 3.37. The maximum absolute atomic E-state index is 12.1. The monoisotopic (exact) mass is 439 g/mol. The maximum atomic E-state index is 12.1. The summed E-state index contributed by atoms with van der Waals surface area (Å²) < 4.78 is 11.0. The molecule has 1 saturated carbocycles. The Balaban J connectivity index is 1.32. The summed E-state index contributed by atoms with van der Waals surface area (Å²) >= 11 is 0. The number of rotatable bonds is 3. The molecule has 0 aromatic carbocycles. The minimum Gasteiger partial charge on any atom is -0.444 e. The van der Waals surface area contributed by atoms with Crippen molar-refractivity contribution in [1.82, 2.24) is 25.3 Å². The van der Waals surface area contributed by atoms with Crippen molar-refractivity contribution in [3.63, 3.8) is 0 Å². The second kappa shape index (κ2) is 8.39. The quantitative estimate of drug-likeness (QED) is 0.539. The van der Waals surface area contributed by atoms with E-state index in [2.05, 4.69) is 26.5 Å². The van der Waals surface area contributed by atoms with Crippen LogP contribution in [0.3, 0.4) is 0 Å². The van der Waals surface area contributed by atoms with Gasteiger partial charge >= 0.3 is 6.09 Å². The molecule has 1 aliphatic heterocycles. The van der Waals surface area contributed by atoms with Crippen LogP contribution in [0.5, 0.6) is 0 Å². The van der Waals surface area contributed by atoms with E-state index in [0.717, 1.165) is 79.6 Å². The molecule has 1 saturated heterocycles. The number of imidazole rings is 1. The van der Waals surface area contributed by atoms with Gasteiger partial charge in [0.25, 0.3) is 0 Å². The third kappa shape index (κ3) is 4.33. The number of hydrogen-bond donors (Lipinski definition) is 3. The fourth-order valence-corrected chi connectivity index (χ4v) is 5.11. The van der Waals surface area contributed by atoms with Crippen molar-refractivity contribution in [3.05, 3.63) is 23.8 Å². The van der Waals surface area contributed by atoms with E-state index in [1.807, 2.05) is 27.0 Å². The lowest BCUT2D eigenvalue weighted by Gasteiger charge is -2.29. The molecule has 2 aliphatic rings. The molecule has 0 atom stereocenters. The fraction of sp³-hybridized carbons (Fsp3) is 0.625. The number of fused-ring (bicyclic) bond motifs is 3. The normalized spacial score (nSPS) is 23.0. The van der Waals surface area contributed by atoms with Crippen molar-refractivity contribution >= 4 is 28.2 Å².